The Morgan fingerprint density at radius 3 is 2.55 bits per heavy atom. The summed E-state index contributed by atoms with van der Waals surface area (Å²) in [6.07, 6.45) is -0.996. The van der Waals surface area contributed by atoms with Crippen molar-refractivity contribution in [2.75, 3.05) is 25.6 Å². The average Bonchev–Trinajstić information content (AvgIpc) is 3.43. The molecule has 1 unspecified atom stereocenters. The van der Waals surface area contributed by atoms with Crippen LogP contribution in [0.1, 0.15) is 54.7 Å². The van der Waals surface area contributed by atoms with Crippen molar-refractivity contribution in [1.29, 1.82) is 0 Å². The van der Waals surface area contributed by atoms with Crippen LogP contribution < -0.4 is 20.9 Å². The lowest BCUT2D eigenvalue weighted by atomic mass is 10.1. The van der Waals surface area contributed by atoms with Crippen molar-refractivity contribution in [1.82, 2.24) is 24.6 Å². The highest BCUT2D eigenvalue weighted by molar-refractivity contribution is 7.52. The number of H-pyrrole nitrogens is 1. The molecule has 2 aromatic carbocycles. The lowest BCUT2D eigenvalue weighted by Gasteiger charge is -2.34. The number of rotatable bonds is 17. The topological polar surface area (TPSA) is 191 Å². The van der Waals surface area contributed by atoms with Crippen LogP contribution in [0.4, 0.5) is 5.95 Å². The maximum atomic E-state index is 14.5. The molecular formula is C31H43N6O9P. The van der Waals surface area contributed by atoms with Crippen LogP contribution in [-0.2, 0) is 32.8 Å². The molecule has 0 bridgehead atoms. The molecule has 2 heterocycles. The number of benzene rings is 2. The Morgan fingerprint density at radius 2 is 1.83 bits per heavy atom. The molecule has 256 valence electrons. The van der Waals surface area contributed by atoms with E-state index in [1.165, 1.54) is 17.8 Å². The molecule has 4 N–H and O–H groups in total. The van der Waals surface area contributed by atoms with Crippen LogP contribution in [0.25, 0.3) is 21.9 Å². The number of nitrogens with zero attached hydrogens (tertiary/aromatic N) is 3. The van der Waals surface area contributed by atoms with Crippen molar-refractivity contribution in [3.63, 3.8) is 0 Å². The lowest BCUT2D eigenvalue weighted by molar-refractivity contribution is -0.257. The molecule has 15 nitrogen and oxygen atoms in total. The van der Waals surface area contributed by atoms with Gasteiger partial charge in [0.2, 0.25) is 5.95 Å². The van der Waals surface area contributed by atoms with Gasteiger partial charge in [0.1, 0.15) is 24.1 Å². The van der Waals surface area contributed by atoms with Gasteiger partial charge >= 0.3 is 13.7 Å². The number of nitrogen functional groups attached to an aromatic ring is 1. The number of ether oxygens (including phenoxy) is 4. The number of hydrogen-bond donors (Lipinski definition) is 3. The van der Waals surface area contributed by atoms with Gasteiger partial charge in [-0.25, -0.2) is 9.55 Å². The number of carbonyl (C=O) groups is 1. The first-order valence-electron chi connectivity index (χ1n) is 15.3. The van der Waals surface area contributed by atoms with Gasteiger partial charge in [0.15, 0.2) is 17.0 Å². The first-order chi connectivity index (χ1) is 22.3. The zero-order valence-electron chi connectivity index (χ0n) is 27.6. The molecule has 0 fully saturated rings. The Hall–Kier alpha value is -3.85. The zero-order valence-corrected chi connectivity index (χ0v) is 28.5. The number of fused-ring (bicyclic) bond motifs is 2. The van der Waals surface area contributed by atoms with Crippen LogP contribution in [0.15, 0.2) is 53.6 Å². The monoisotopic (exact) mass is 674 g/mol. The molecule has 4 aromatic rings. The standard InChI is InChI=1S/C31H43N6O9P/c1-8-41-29(39)19(3)36-47(40,46-24-16-12-14-22-13-10-11-15-23(22)24)43-17-25(20(4)45-31(6,7)42-9-2)44-21(5)37-18-33-26-27(37)34-30(32)35-28(26)38/h10-16,18-21,25H,8-9,17H2,1-7H3,(H,36,40)(H3,32,34,35,38)/t19-,20+,21+,25+,47?/m0/s1. The van der Waals surface area contributed by atoms with Crippen molar-refractivity contribution in [2.45, 2.75) is 78.7 Å². The van der Waals surface area contributed by atoms with E-state index in [4.69, 9.17) is 33.7 Å². The van der Waals surface area contributed by atoms with Crippen molar-refractivity contribution in [3.05, 3.63) is 59.1 Å². The third-order valence-corrected chi connectivity index (χ3v) is 8.70. The molecular weight excluding hydrogens is 631 g/mol. The third kappa shape index (κ3) is 9.15. The molecule has 0 aliphatic heterocycles. The quantitative estimate of drug-likeness (QED) is 0.0795. The third-order valence-electron chi connectivity index (χ3n) is 7.07. The summed E-state index contributed by atoms with van der Waals surface area (Å²) in [6.45, 7) is 12.2. The molecule has 4 rings (SSSR count). The SMILES string of the molecule is CCOC(=O)[C@H](C)NP(=O)(OC[C@@H](O[C@H](C)n1cnc2c(=O)[nH]c(N)nc21)[C@@H](C)OC(C)(C)OCC)Oc1cccc2ccccc12. The van der Waals surface area contributed by atoms with Crippen LogP contribution in [0.2, 0.25) is 0 Å². The number of esters is 1. The Morgan fingerprint density at radius 1 is 1.11 bits per heavy atom. The molecule has 0 aliphatic carbocycles. The maximum Gasteiger partial charge on any atom is 0.459 e. The average molecular weight is 675 g/mol. The fourth-order valence-corrected chi connectivity index (χ4v) is 6.46. The highest BCUT2D eigenvalue weighted by atomic mass is 31.2. The molecule has 5 atom stereocenters. The fourth-order valence-electron chi connectivity index (χ4n) is 4.94. The van der Waals surface area contributed by atoms with Crippen LogP contribution in [0, 0.1) is 0 Å². The predicted octanol–water partition coefficient (Wildman–Crippen LogP) is 4.68. The Labute approximate surface area is 272 Å². The minimum absolute atomic E-state index is 0.0781. The number of nitrogens with two attached hydrogens (primary N) is 1. The number of imidazole rings is 1. The molecule has 0 saturated carbocycles. The van der Waals surface area contributed by atoms with Crippen molar-refractivity contribution in [3.8, 4) is 5.75 Å². The zero-order chi connectivity index (χ0) is 34.4. The molecule has 0 saturated heterocycles. The second-order valence-corrected chi connectivity index (χ2v) is 12.9. The summed E-state index contributed by atoms with van der Waals surface area (Å²) in [4.78, 5) is 35.7. The Balaban J connectivity index is 1.66. The second kappa shape index (κ2) is 15.4. The summed E-state index contributed by atoms with van der Waals surface area (Å²) in [5.41, 5.74) is 5.57. The van der Waals surface area contributed by atoms with E-state index in [9.17, 15) is 14.2 Å². The molecule has 0 spiro atoms. The summed E-state index contributed by atoms with van der Waals surface area (Å²) in [5.74, 6) is -1.45. The van der Waals surface area contributed by atoms with Gasteiger partial charge in [-0.3, -0.25) is 23.7 Å². The van der Waals surface area contributed by atoms with Crippen LogP contribution in [-0.4, -0.2) is 69.3 Å². The second-order valence-electron chi connectivity index (χ2n) is 11.2. The van der Waals surface area contributed by atoms with E-state index < -0.39 is 49.5 Å². The van der Waals surface area contributed by atoms with E-state index in [0.29, 0.717) is 12.0 Å². The normalized spacial score (nSPS) is 16.0. The Bertz CT molecular complexity index is 1770. The number of anilines is 1. The van der Waals surface area contributed by atoms with Crippen molar-refractivity contribution >= 4 is 41.6 Å². The predicted molar refractivity (Wildman–Crippen MR) is 176 cm³/mol. The molecule has 0 radical (unpaired) electrons. The first-order valence-corrected chi connectivity index (χ1v) is 16.9. The van der Waals surface area contributed by atoms with E-state index in [1.54, 1.807) is 46.8 Å². The minimum atomic E-state index is -4.30. The molecule has 16 heteroatoms. The van der Waals surface area contributed by atoms with Gasteiger partial charge in [0, 0.05) is 12.0 Å². The number of aromatic amines is 1. The largest absolute Gasteiger partial charge is 0.465 e. The first kappa shape index (κ1) is 36.0. The summed E-state index contributed by atoms with van der Waals surface area (Å²) < 4.78 is 51.6. The van der Waals surface area contributed by atoms with Gasteiger partial charge < -0.3 is 29.2 Å². The summed E-state index contributed by atoms with van der Waals surface area (Å²) >= 11 is 0. The van der Waals surface area contributed by atoms with Crippen LogP contribution >= 0.6 is 7.75 Å². The smallest absolute Gasteiger partial charge is 0.459 e. The highest BCUT2D eigenvalue weighted by Gasteiger charge is 2.36. The number of nitrogens with one attached hydrogen (secondary N) is 2. The van der Waals surface area contributed by atoms with E-state index in [-0.39, 0.29) is 36.1 Å². The van der Waals surface area contributed by atoms with E-state index >= 15 is 0 Å². The highest BCUT2D eigenvalue weighted by Crippen LogP contribution is 2.47. The van der Waals surface area contributed by atoms with Gasteiger partial charge in [-0.15, -0.1) is 0 Å². The van der Waals surface area contributed by atoms with Gasteiger partial charge in [-0.2, -0.15) is 10.1 Å². The fraction of sp³-hybridized carbons (Fsp3) is 0.484. The van der Waals surface area contributed by atoms with Gasteiger partial charge in [-0.1, -0.05) is 36.4 Å². The Kier molecular flexibility index (Phi) is 11.8. The molecule has 0 aliphatic rings. The molecule has 2 aromatic heterocycles. The number of hydrogen-bond acceptors (Lipinski definition) is 12. The van der Waals surface area contributed by atoms with E-state index in [2.05, 4.69) is 20.0 Å². The van der Waals surface area contributed by atoms with Crippen molar-refractivity contribution < 1.29 is 37.4 Å². The molecule has 0 amide bonds. The van der Waals surface area contributed by atoms with Crippen LogP contribution in [0.3, 0.4) is 0 Å². The number of carbonyl (C=O) groups excluding carboxylic acids is 1. The van der Waals surface area contributed by atoms with Crippen molar-refractivity contribution in [2.24, 2.45) is 0 Å². The minimum Gasteiger partial charge on any atom is -0.465 e. The van der Waals surface area contributed by atoms with Gasteiger partial charge in [0.25, 0.3) is 5.56 Å². The van der Waals surface area contributed by atoms with Gasteiger partial charge in [0.05, 0.1) is 25.6 Å². The summed E-state index contributed by atoms with van der Waals surface area (Å²) in [7, 11) is -4.30. The summed E-state index contributed by atoms with van der Waals surface area (Å²) in [6, 6.07) is 11.7. The number of aromatic nitrogens is 4. The lowest BCUT2D eigenvalue weighted by Crippen LogP contribution is -2.42. The molecule has 47 heavy (non-hydrogen) atoms. The van der Waals surface area contributed by atoms with Crippen LogP contribution in [0.5, 0.6) is 5.75 Å². The van der Waals surface area contributed by atoms with E-state index in [0.717, 1.165) is 5.39 Å². The van der Waals surface area contributed by atoms with E-state index in [1.807, 2.05) is 37.3 Å². The maximum absolute atomic E-state index is 14.5. The summed E-state index contributed by atoms with van der Waals surface area (Å²) in [5, 5.41) is 4.25. The van der Waals surface area contributed by atoms with Gasteiger partial charge in [-0.05, 0) is 59.9 Å².